The average molecular weight is 440 g/mol. The molecule has 3 aromatic carbocycles. The van der Waals surface area contributed by atoms with Crippen LogP contribution in [0.1, 0.15) is 31.8 Å². The Hall–Kier alpha value is -3.71. The number of carbonyl (C=O) groups excluding carboxylic acids is 2. The second-order valence-electron chi connectivity index (χ2n) is 6.79. The fourth-order valence-electron chi connectivity index (χ4n) is 2.88. The highest BCUT2D eigenvalue weighted by atomic mass is 35.5. The van der Waals surface area contributed by atoms with Crippen molar-refractivity contribution in [2.45, 2.75) is 13.8 Å². The van der Waals surface area contributed by atoms with Crippen molar-refractivity contribution in [3.05, 3.63) is 98.1 Å². The smallest absolute Gasteiger partial charge is 0.338 e. The minimum Gasteiger partial charge on any atom is -0.454 e. The Morgan fingerprint density at radius 2 is 1.77 bits per heavy atom. The monoisotopic (exact) mass is 439 g/mol. The number of nitrogens with zero attached hydrogens (tertiary/aromatic N) is 1. The first-order valence-electron chi connectivity index (χ1n) is 9.24. The SMILES string of the molecule is Cc1ccc(C)c(C(=O)COC(=O)c2cccc(Oc3c(Cl)cccc3[N+](=O)[O-])c2)c1. The molecule has 0 fully saturated rings. The third kappa shape index (κ3) is 5.26. The third-order valence-corrected chi connectivity index (χ3v) is 4.76. The molecule has 0 aliphatic heterocycles. The maximum Gasteiger partial charge on any atom is 0.338 e. The molecule has 0 saturated carbocycles. The van der Waals surface area contributed by atoms with Crippen molar-refractivity contribution < 1.29 is 24.0 Å². The van der Waals surface area contributed by atoms with E-state index in [4.69, 9.17) is 21.1 Å². The zero-order valence-corrected chi connectivity index (χ0v) is 17.5. The van der Waals surface area contributed by atoms with E-state index >= 15 is 0 Å². The molecular weight excluding hydrogens is 422 g/mol. The Morgan fingerprint density at radius 1 is 1.03 bits per heavy atom. The number of carbonyl (C=O) groups is 2. The van der Waals surface area contributed by atoms with Gasteiger partial charge >= 0.3 is 11.7 Å². The second-order valence-corrected chi connectivity index (χ2v) is 7.20. The van der Waals surface area contributed by atoms with Gasteiger partial charge in [-0.25, -0.2) is 4.79 Å². The Balaban J connectivity index is 1.73. The lowest BCUT2D eigenvalue weighted by Crippen LogP contribution is -2.15. The number of hydrogen-bond donors (Lipinski definition) is 0. The van der Waals surface area contributed by atoms with Gasteiger partial charge in [-0.3, -0.25) is 14.9 Å². The topological polar surface area (TPSA) is 95.7 Å². The molecule has 0 heterocycles. The molecule has 3 rings (SSSR count). The van der Waals surface area contributed by atoms with Crippen LogP contribution in [0.4, 0.5) is 5.69 Å². The Kier molecular flexibility index (Phi) is 6.67. The van der Waals surface area contributed by atoms with Gasteiger partial charge in [0.1, 0.15) is 5.75 Å². The van der Waals surface area contributed by atoms with E-state index in [-0.39, 0.29) is 33.6 Å². The first-order chi connectivity index (χ1) is 14.8. The van der Waals surface area contributed by atoms with Crippen molar-refractivity contribution in [3.8, 4) is 11.5 Å². The average Bonchev–Trinajstić information content (AvgIpc) is 2.75. The number of ether oxygens (including phenoxy) is 2. The number of hydrogen-bond acceptors (Lipinski definition) is 6. The van der Waals surface area contributed by atoms with E-state index in [0.717, 1.165) is 11.1 Å². The summed E-state index contributed by atoms with van der Waals surface area (Å²) in [5, 5.41) is 11.3. The molecule has 0 N–H and O–H groups in total. The van der Waals surface area contributed by atoms with E-state index in [1.165, 1.54) is 42.5 Å². The van der Waals surface area contributed by atoms with E-state index in [1.807, 2.05) is 26.0 Å². The number of halogens is 1. The van der Waals surface area contributed by atoms with E-state index < -0.39 is 17.5 Å². The van der Waals surface area contributed by atoms with Gasteiger partial charge in [0.2, 0.25) is 11.5 Å². The highest BCUT2D eigenvalue weighted by molar-refractivity contribution is 6.32. The molecule has 0 radical (unpaired) electrons. The molecule has 0 amide bonds. The van der Waals surface area contributed by atoms with Crippen LogP contribution in [-0.4, -0.2) is 23.3 Å². The standard InChI is InChI=1S/C23H18ClNO6/c1-14-9-10-15(2)18(11-14)21(26)13-30-23(27)16-5-3-6-17(12-16)31-22-19(24)7-4-8-20(22)25(28)29/h3-12H,13H2,1-2H3. The number of nitro groups is 1. The molecule has 0 unspecified atom stereocenters. The van der Waals surface area contributed by atoms with Gasteiger partial charge in [-0.2, -0.15) is 0 Å². The Morgan fingerprint density at radius 3 is 2.52 bits per heavy atom. The molecule has 0 spiro atoms. The minimum absolute atomic E-state index is 0.0568. The van der Waals surface area contributed by atoms with Gasteiger partial charge in [0.15, 0.2) is 6.61 Å². The van der Waals surface area contributed by atoms with Crippen molar-refractivity contribution >= 4 is 29.0 Å². The van der Waals surface area contributed by atoms with Gasteiger partial charge in [-0.05, 0) is 49.7 Å². The lowest BCUT2D eigenvalue weighted by molar-refractivity contribution is -0.385. The number of para-hydroxylation sites is 1. The number of aryl methyl sites for hydroxylation is 2. The Bertz CT molecular complexity index is 1170. The predicted octanol–water partition coefficient (Wildman–Crippen LogP) is 5.70. The van der Waals surface area contributed by atoms with Crippen molar-refractivity contribution in [2.75, 3.05) is 6.61 Å². The molecule has 0 atom stereocenters. The van der Waals surface area contributed by atoms with E-state index in [1.54, 1.807) is 6.07 Å². The fraction of sp³-hybridized carbons (Fsp3) is 0.130. The van der Waals surface area contributed by atoms with Crippen molar-refractivity contribution in [3.63, 3.8) is 0 Å². The van der Waals surface area contributed by atoms with Crippen LogP contribution in [0.3, 0.4) is 0 Å². The highest BCUT2D eigenvalue weighted by Crippen LogP contribution is 2.37. The van der Waals surface area contributed by atoms with E-state index in [2.05, 4.69) is 0 Å². The van der Waals surface area contributed by atoms with Crippen molar-refractivity contribution in [1.29, 1.82) is 0 Å². The fourth-order valence-corrected chi connectivity index (χ4v) is 3.08. The maximum absolute atomic E-state index is 12.4. The summed E-state index contributed by atoms with van der Waals surface area (Å²) in [6.07, 6.45) is 0. The van der Waals surface area contributed by atoms with Crippen LogP contribution in [0.15, 0.2) is 60.7 Å². The summed E-state index contributed by atoms with van der Waals surface area (Å²) in [6.45, 7) is 3.27. The molecule has 158 valence electrons. The van der Waals surface area contributed by atoms with Crippen LogP contribution in [0.2, 0.25) is 5.02 Å². The number of benzene rings is 3. The van der Waals surface area contributed by atoms with Gasteiger partial charge in [0, 0.05) is 11.6 Å². The normalized spacial score (nSPS) is 10.4. The summed E-state index contributed by atoms with van der Waals surface area (Å²) < 4.78 is 10.7. The summed E-state index contributed by atoms with van der Waals surface area (Å²) in [5.74, 6) is -1.01. The predicted molar refractivity (Wildman–Crippen MR) is 115 cm³/mol. The molecule has 0 aliphatic carbocycles. The molecule has 0 bridgehead atoms. The van der Waals surface area contributed by atoms with Crippen LogP contribution in [0.25, 0.3) is 0 Å². The minimum atomic E-state index is -0.724. The van der Waals surface area contributed by atoms with Crippen LogP contribution >= 0.6 is 11.6 Å². The molecule has 31 heavy (non-hydrogen) atoms. The van der Waals surface area contributed by atoms with Crippen LogP contribution in [0, 0.1) is 24.0 Å². The summed E-state index contributed by atoms with van der Waals surface area (Å²) in [7, 11) is 0. The molecular formula is C23H18ClNO6. The van der Waals surface area contributed by atoms with Gasteiger partial charge in [-0.1, -0.05) is 41.4 Å². The molecule has 7 nitrogen and oxygen atoms in total. The number of Topliss-reactive ketones (excluding diaryl/α,β-unsaturated/α-hetero) is 1. The molecule has 0 saturated heterocycles. The molecule has 8 heteroatoms. The molecule has 3 aromatic rings. The number of rotatable bonds is 7. The molecule has 0 aromatic heterocycles. The van der Waals surface area contributed by atoms with Gasteiger partial charge < -0.3 is 9.47 Å². The lowest BCUT2D eigenvalue weighted by atomic mass is 10.0. The third-order valence-electron chi connectivity index (χ3n) is 4.46. The molecule has 0 aliphatic rings. The first kappa shape index (κ1) is 22.0. The summed E-state index contributed by atoms with van der Waals surface area (Å²) in [5.41, 5.74) is 2.04. The van der Waals surface area contributed by atoms with E-state index in [0.29, 0.717) is 5.56 Å². The van der Waals surface area contributed by atoms with Crippen molar-refractivity contribution in [1.82, 2.24) is 0 Å². The van der Waals surface area contributed by atoms with Gasteiger partial charge in [-0.15, -0.1) is 0 Å². The number of esters is 1. The zero-order valence-electron chi connectivity index (χ0n) is 16.8. The van der Waals surface area contributed by atoms with Crippen molar-refractivity contribution in [2.24, 2.45) is 0 Å². The van der Waals surface area contributed by atoms with Crippen LogP contribution in [0.5, 0.6) is 11.5 Å². The second kappa shape index (κ2) is 9.40. The quantitative estimate of drug-likeness (QED) is 0.203. The lowest BCUT2D eigenvalue weighted by Gasteiger charge is -2.10. The Labute approximate surface area is 183 Å². The summed E-state index contributed by atoms with van der Waals surface area (Å²) in [6, 6.07) is 15.5. The van der Waals surface area contributed by atoms with Gasteiger partial charge in [0.05, 0.1) is 15.5 Å². The first-order valence-corrected chi connectivity index (χ1v) is 9.62. The van der Waals surface area contributed by atoms with E-state index in [9.17, 15) is 19.7 Å². The maximum atomic E-state index is 12.4. The summed E-state index contributed by atoms with van der Waals surface area (Å²) >= 11 is 6.03. The largest absolute Gasteiger partial charge is 0.454 e. The summed E-state index contributed by atoms with van der Waals surface area (Å²) in [4.78, 5) is 35.4. The van der Waals surface area contributed by atoms with Crippen LogP contribution in [-0.2, 0) is 4.74 Å². The highest BCUT2D eigenvalue weighted by Gasteiger charge is 2.20. The number of nitro benzene ring substituents is 1. The van der Waals surface area contributed by atoms with Crippen LogP contribution < -0.4 is 4.74 Å². The zero-order chi connectivity index (χ0) is 22.5. The number of ketones is 1. The van der Waals surface area contributed by atoms with Gasteiger partial charge in [0.25, 0.3) is 0 Å².